The number of nitro groups is 1. The van der Waals surface area contributed by atoms with E-state index in [1.165, 1.54) is 18.2 Å². The maximum Gasteiger partial charge on any atom is 0.270 e. The molecule has 2 aliphatic rings. The molecule has 1 saturated heterocycles. The fraction of sp³-hybridized carbons (Fsp3) is 0.300. The Hall–Kier alpha value is -2.97. The van der Waals surface area contributed by atoms with Gasteiger partial charge in [-0.1, -0.05) is 0 Å². The van der Waals surface area contributed by atoms with Gasteiger partial charge < -0.3 is 14.2 Å². The number of nitrogens with zero attached hydrogens (tertiary/aromatic N) is 2. The predicted octanol–water partition coefficient (Wildman–Crippen LogP) is 3.46. The first-order chi connectivity index (χ1) is 13.6. The summed E-state index contributed by atoms with van der Waals surface area (Å²) >= 11 is 0. The Morgan fingerprint density at radius 2 is 1.96 bits per heavy atom. The van der Waals surface area contributed by atoms with Crippen LogP contribution in [0.4, 0.5) is 10.1 Å². The molecule has 28 heavy (non-hydrogen) atoms. The highest BCUT2D eigenvalue weighted by Crippen LogP contribution is 2.44. The molecule has 2 heterocycles. The van der Waals surface area contributed by atoms with Gasteiger partial charge in [-0.15, -0.1) is 0 Å². The second-order valence-corrected chi connectivity index (χ2v) is 6.50. The third-order valence-electron chi connectivity index (χ3n) is 4.76. The quantitative estimate of drug-likeness (QED) is 0.579. The van der Waals surface area contributed by atoms with Gasteiger partial charge in [0.25, 0.3) is 5.69 Å². The molecule has 0 N–H and O–H groups in total. The zero-order valence-electron chi connectivity index (χ0n) is 15.0. The number of fused-ring (bicyclic) bond motifs is 1. The molecule has 4 rings (SSSR count). The number of ether oxygens (including phenoxy) is 3. The van der Waals surface area contributed by atoms with Crippen molar-refractivity contribution in [2.75, 3.05) is 32.9 Å². The van der Waals surface area contributed by atoms with Crippen molar-refractivity contribution in [2.45, 2.75) is 6.04 Å². The van der Waals surface area contributed by atoms with E-state index in [1.54, 1.807) is 24.3 Å². The Bertz CT molecular complexity index is 894. The van der Waals surface area contributed by atoms with Crippen LogP contribution in [0.5, 0.6) is 11.5 Å². The van der Waals surface area contributed by atoms with Gasteiger partial charge in [-0.2, -0.15) is 0 Å². The van der Waals surface area contributed by atoms with Gasteiger partial charge in [0, 0.05) is 30.8 Å². The largest absolute Gasteiger partial charge is 0.489 e. The summed E-state index contributed by atoms with van der Waals surface area (Å²) in [7, 11) is 0. The molecule has 7 nitrogen and oxygen atoms in total. The first-order valence-corrected chi connectivity index (χ1v) is 8.98. The van der Waals surface area contributed by atoms with Crippen LogP contribution in [0.1, 0.15) is 11.6 Å². The van der Waals surface area contributed by atoms with Crippen molar-refractivity contribution in [1.29, 1.82) is 0 Å². The molecule has 2 aromatic rings. The topological polar surface area (TPSA) is 74.1 Å². The molecule has 1 fully saturated rings. The van der Waals surface area contributed by atoms with Crippen molar-refractivity contribution < 1.29 is 23.5 Å². The molecule has 146 valence electrons. The molecule has 2 aromatic carbocycles. The van der Waals surface area contributed by atoms with Gasteiger partial charge in [0.1, 0.15) is 29.7 Å². The van der Waals surface area contributed by atoms with Crippen LogP contribution in [0, 0.1) is 15.9 Å². The summed E-state index contributed by atoms with van der Waals surface area (Å²) < 4.78 is 30.1. The average Bonchev–Trinajstić information content (AvgIpc) is 3.07. The van der Waals surface area contributed by atoms with E-state index in [0.29, 0.717) is 43.6 Å². The summed E-state index contributed by atoms with van der Waals surface area (Å²) in [6.07, 6.45) is 1.81. The van der Waals surface area contributed by atoms with Gasteiger partial charge in [0.05, 0.1) is 24.2 Å². The zero-order valence-corrected chi connectivity index (χ0v) is 15.0. The van der Waals surface area contributed by atoms with Crippen LogP contribution >= 0.6 is 0 Å². The molecule has 0 amide bonds. The first kappa shape index (κ1) is 18.4. The number of rotatable bonds is 5. The number of hydrogen-bond acceptors (Lipinski definition) is 6. The van der Waals surface area contributed by atoms with Gasteiger partial charge in [0.15, 0.2) is 0 Å². The molecular weight excluding hydrogens is 367 g/mol. The third kappa shape index (κ3) is 3.83. The van der Waals surface area contributed by atoms with Crippen molar-refractivity contribution in [3.8, 4) is 11.5 Å². The summed E-state index contributed by atoms with van der Waals surface area (Å²) in [5.74, 6) is 1.50. The minimum atomic E-state index is -0.407. The van der Waals surface area contributed by atoms with Gasteiger partial charge in [-0.05, 0) is 36.4 Å². The maximum atomic E-state index is 13.0. The lowest BCUT2D eigenvalue weighted by Crippen LogP contribution is -2.39. The van der Waals surface area contributed by atoms with Crippen LogP contribution in [-0.2, 0) is 4.74 Å². The second-order valence-electron chi connectivity index (χ2n) is 6.50. The van der Waals surface area contributed by atoms with Crippen LogP contribution in [0.2, 0.25) is 0 Å². The van der Waals surface area contributed by atoms with E-state index < -0.39 is 4.92 Å². The van der Waals surface area contributed by atoms with Crippen LogP contribution < -0.4 is 9.47 Å². The van der Waals surface area contributed by atoms with Gasteiger partial charge in [-0.3, -0.25) is 15.0 Å². The molecule has 8 heteroatoms. The predicted molar refractivity (Wildman–Crippen MR) is 98.8 cm³/mol. The lowest BCUT2D eigenvalue weighted by molar-refractivity contribution is -0.384. The minimum Gasteiger partial charge on any atom is -0.489 e. The van der Waals surface area contributed by atoms with Gasteiger partial charge >= 0.3 is 0 Å². The third-order valence-corrected chi connectivity index (χ3v) is 4.76. The maximum absolute atomic E-state index is 13.0. The van der Waals surface area contributed by atoms with Crippen molar-refractivity contribution in [1.82, 2.24) is 4.90 Å². The standard InChI is InChI=1S/C20H19FN2O5/c21-14-1-4-16(5-2-14)27-10-7-19-20(22-8-11-26-12-9-22)17-13-15(23(24)25)3-6-18(17)28-19/h1-7,13,20H,8-12H2/b19-7+/t20-/m1/s1. The Morgan fingerprint density at radius 1 is 1.21 bits per heavy atom. The van der Waals surface area contributed by atoms with Crippen LogP contribution in [0.25, 0.3) is 0 Å². The van der Waals surface area contributed by atoms with Crippen LogP contribution in [0.15, 0.2) is 54.3 Å². The summed E-state index contributed by atoms with van der Waals surface area (Å²) in [4.78, 5) is 13.0. The molecule has 1 atom stereocenters. The number of hydrogen-bond donors (Lipinski definition) is 0. The fourth-order valence-corrected chi connectivity index (χ4v) is 3.41. The van der Waals surface area contributed by atoms with E-state index in [1.807, 2.05) is 6.08 Å². The highest BCUT2D eigenvalue weighted by Gasteiger charge is 2.36. The molecule has 0 bridgehead atoms. The van der Waals surface area contributed by atoms with E-state index in [4.69, 9.17) is 14.2 Å². The number of non-ortho nitro benzene ring substituents is 1. The summed E-state index contributed by atoms with van der Waals surface area (Å²) in [5, 5.41) is 11.2. The summed E-state index contributed by atoms with van der Waals surface area (Å²) in [6, 6.07) is 10.2. The highest BCUT2D eigenvalue weighted by atomic mass is 19.1. The minimum absolute atomic E-state index is 0.0319. The number of benzene rings is 2. The van der Waals surface area contributed by atoms with Crippen molar-refractivity contribution >= 4 is 5.69 Å². The number of nitro benzene ring substituents is 1. The lowest BCUT2D eigenvalue weighted by atomic mass is 10.0. The number of morpholine rings is 1. The molecule has 2 aliphatic heterocycles. The fourth-order valence-electron chi connectivity index (χ4n) is 3.41. The molecular formula is C20H19FN2O5. The van der Waals surface area contributed by atoms with E-state index in [0.717, 1.165) is 5.56 Å². The molecule has 0 aromatic heterocycles. The highest BCUT2D eigenvalue weighted by molar-refractivity contribution is 5.51. The summed E-state index contributed by atoms with van der Waals surface area (Å²) in [5.41, 5.74) is 0.800. The molecule has 0 spiro atoms. The van der Waals surface area contributed by atoms with Crippen molar-refractivity contribution in [2.24, 2.45) is 0 Å². The van der Waals surface area contributed by atoms with Gasteiger partial charge in [0.2, 0.25) is 0 Å². The Morgan fingerprint density at radius 3 is 2.68 bits per heavy atom. The SMILES string of the molecule is O=[N+]([O-])c1ccc2c(c1)[C@@H](N1CCOCC1)/C(=C\COc1ccc(F)cc1)O2. The molecule has 0 radical (unpaired) electrons. The Labute approximate surface area is 161 Å². The Balaban J connectivity index is 1.57. The lowest BCUT2D eigenvalue weighted by Gasteiger charge is -2.32. The Kier molecular flexibility index (Phi) is 5.23. The zero-order chi connectivity index (χ0) is 19.5. The van der Waals surface area contributed by atoms with Crippen LogP contribution in [0.3, 0.4) is 0 Å². The van der Waals surface area contributed by atoms with Crippen molar-refractivity contribution in [3.05, 3.63) is 75.8 Å². The second kappa shape index (κ2) is 7.95. The van der Waals surface area contributed by atoms with E-state index in [2.05, 4.69) is 4.90 Å². The van der Waals surface area contributed by atoms with Crippen LogP contribution in [-0.4, -0.2) is 42.7 Å². The summed E-state index contributed by atoms with van der Waals surface area (Å²) in [6.45, 7) is 2.83. The van der Waals surface area contributed by atoms with E-state index >= 15 is 0 Å². The van der Waals surface area contributed by atoms with Gasteiger partial charge in [-0.25, -0.2) is 4.39 Å². The monoisotopic (exact) mass is 386 g/mol. The molecule has 0 unspecified atom stereocenters. The normalized spacial score (nSPS) is 20.6. The molecule has 0 aliphatic carbocycles. The van der Waals surface area contributed by atoms with E-state index in [-0.39, 0.29) is 24.2 Å². The first-order valence-electron chi connectivity index (χ1n) is 8.98. The smallest absolute Gasteiger partial charge is 0.270 e. The molecule has 0 saturated carbocycles. The number of halogens is 1. The average molecular weight is 386 g/mol. The van der Waals surface area contributed by atoms with Crippen molar-refractivity contribution in [3.63, 3.8) is 0 Å². The van der Waals surface area contributed by atoms with E-state index in [9.17, 15) is 14.5 Å².